The number of para-hydroxylation sites is 1. The van der Waals surface area contributed by atoms with E-state index in [9.17, 15) is 0 Å². The third-order valence-corrected chi connectivity index (χ3v) is 3.43. The molecule has 1 aromatic heterocycles. The minimum absolute atomic E-state index is 0.807. The zero-order valence-electron chi connectivity index (χ0n) is 9.10. The number of hydrogen-bond acceptors (Lipinski definition) is 3. The van der Waals surface area contributed by atoms with Crippen LogP contribution in [-0.2, 0) is 0 Å². The van der Waals surface area contributed by atoms with Gasteiger partial charge >= 0.3 is 0 Å². The molecular weight excluding hydrogens is 218 g/mol. The van der Waals surface area contributed by atoms with Crippen LogP contribution >= 0.6 is 11.8 Å². The molecule has 0 aliphatic rings. The highest BCUT2D eigenvalue weighted by Gasteiger charge is 2.06. The van der Waals surface area contributed by atoms with E-state index in [4.69, 9.17) is 0 Å². The average molecular weight is 231 g/mol. The molecule has 0 fully saturated rings. The summed E-state index contributed by atoms with van der Waals surface area (Å²) in [4.78, 5) is 4.65. The Kier molecular flexibility index (Phi) is 3.41. The van der Waals surface area contributed by atoms with Gasteiger partial charge < -0.3 is 4.98 Å². The Balaban J connectivity index is 2.25. The molecule has 0 bridgehead atoms. The van der Waals surface area contributed by atoms with Crippen LogP contribution in [0.25, 0.3) is 10.9 Å². The number of benzene rings is 1. The zero-order chi connectivity index (χ0) is 11.4. The smallest absolute Gasteiger partial charge is 0.0467 e. The minimum atomic E-state index is 0.807. The molecule has 0 aliphatic carbocycles. The molecule has 0 radical (unpaired) electrons. The van der Waals surface area contributed by atoms with Gasteiger partial charge in [-0.2, -0.15) is 10.2 Å². The summed E-state index contributed by atoms with van der Waals surface area (Å²) >= 11 is 1.75. The fourth-order valence-corrected chi connectivity index (χ4v) is 2.56. The van der Waals surface area contributed by atoms with E-state index >= 15 is 0 Å². The number of thioether (sulfide) groups is 1. The lowest BCUT2D eigenvalue weighted by Crippen LogP contribution is -1.80. The summed E-state index contributed by atoms with van der Waals surface area (Å²) < 4.78 is 0. The summed E-state index contributed by atoms with van der Waals surface area (Å²) in [7, 11) is 0. The van der Waals surface area contributed by atoms with Crippen LogP contribution in [0.1, 0.15) is 5.69 Å². The Morgan fingerprint density at radius 1 is 1.44 bits per heavy atom. The van der Waals surface area contributed by atoms with Crippen LogP contribution in [0.2, 0.25) is 0 Å². The molecule has 1 N–H and O–H groups in total. The topological polar surface area (TPSA) is 40.5 Å². The minimum Gasteiger partial charge on any atom is -0.358 e. The van der Waals surface area contributed by atoms with Crippen LogP contribution < -0.4 is 0 Å². The predicted molar refractivity (Wildman–Crippen MR) is 71.8 cm³/mol. The normalized spacial score (nSPS) is 11.3. The number of nitrogens with zero attached hydrogens (tertiary/aromatic N) is 2. The van der Waals surface area contributed by atoms with E-state index in [2.05, 4.69) is 47.0 Å². The van der Waals surface area contributed by atoms with Crippen LogP contribution in [0.15, 0.2) is 39.4 Å². The van der Waals surface area contributed by atoms with Crippen molar-refractivity contribution >= 4 is 35.6 Å². The van der Waals surface area contributed by atoms with Gasteiger partial charge in [-0.25, -0.2) is 0 Å². The number of H-pyrrole nitrogens is 1. The van der Waals surface area contributed by atoms with Crippen molar-refractivity contribution in [2.45, 2.75) is 11.8 Å². The highest BCUT2D eigenvalue weighted by atomic mass is 32.2. The summed E-state index contributed by atoms with van der Waals surface area (Å²) in [5.41, 5.74) is 2.38. The van der Waals surface area contributed by atoms with Gasteiger partial charge in [0, 0.05) is 40.2 Å². The van der Waals surface area contributed by atoms with Crippen molar-refractivity contribution in [1.82, 2.24) is 4.98 Å². The number of rotatable bonds is 4. The molecule has 1 aromatic carbocycles. The summed E-state index contributed by atoms with van der Waals surface area (Å²) in [6.07, 6.45) is 1.76. The molecular formula is C12H13N3S. The van der Waals surface area contributed by atoms with Gasteiger partial charge in [0.25, 0.3) is 0 Å². The van der Waals surface area contributed by atoms with Crippen LogP contribution in [0, 0.1) is 6.92 Å². The molecule has 82 valence electrons. The molecule has 0 atom stereocenters. The second-order valence-corrected chi connectivity index (χ2v) is 4.41. The molecule has 0 saturated carbocycles. The third kappa shape index (κ3) is 2.17. The Hall–Kier alpha value is -1.55. The van der Waals surface area contributed by atoms with Gasteiger partial charge in [-0.15, -0.1) is 11.8 Å². The maximum Gasteiger partial charge on any atom is 0.0467 e. The molecule has 0 aliphatic heterocycles. The Morgan fingerprint density at radius 3 is 3.06 bits per heavy atom. The lowest BCUT2D eigenvalue weighted by atomic mass is 10.2. The summed E-state index contributed by atoms with van der Waals surface area (Å²) in [6, 6.07) is 8.31. The molecule has 4 heteroatoms. The second kappa shape index (κ2) is 4.99. The fraction of sp³-hybridized carbons (Fsp3) is 0.167. The lowest BCUT2D eigenvalue weighted by Gasteiger charge is -1.97. The molecule has 0 unspecified atom stereocenters. The van der Waals surface area contributed by atoms with Gasteiger partial charge in [0.05, 0.1) is 0 Å². The molecule has 1 heterocycles. The van der Waals surface area contributed by atoms with Gasteiger partial charge in [-0.1, -0.05) is 18.2 Å². The summed E-state index contributed by atoms with van der Waals surface area (Å²) in [6.45, 7) is 5.39. The number of aromatic amines is 1. The molecule has 2 aromatic rings. The van der Waals surface area contributed by atoms with Crippen molar-refractivity contribution in [3.63, 3.8) is 0 Å². The standard InChI is InChI=1S/C12H13N3S/c1-9-12(16-8-7-14-13-2)10-5-3-4-6-11(10)15-9/h3-7,15H,2,8H2,1H3/b14-7+. The Morgan fingerprint density at radius 2 is 2.25 bits per heavy atom. The van der Waals surface area contributed by atoms with Gasteiger partial charge in [0.1, 0.15) is 0 Å². The van der Waals surface area contributed by atoms with Crippen LogP contribution in [0.5, 0.6) is 0 Å². The number of fused-ring (bicyclic) bond motifs is 1. The van der Waals surface area contributed by atoms with Crippen molar-refractivity contribution in [2.24, 2.45) is 10.2 Å². The van der Waals surface area contributed by atoms with Crippen LogP contribution in [0.4, 0.5) is 0 Å². The van der Waals surface area contributed by atoms with E-state index in [-0.39, 0.29) is 0 Å². The number of hydrogen-bond donors (Lipinski definition) is 1. The molecule has 0 amide bonds. The van der Waals surface area contributed by atoms with Gasteiger partial charge in [-0.3, -0.25) is 0 Å². The second-order valence-electron chi connectivity index (χ2n) is 3.38. The summed E-state index contributed by atoms with van der Waals surface area (Å²) in [5, 5.41) is 8.44. The first-order chi connectivity index (χ1) is 7.83. The quantitative estimate of drug-likeness (QED) is 0.490. The van der Waals surface area contributed by atoms with E-state index < -0.39 is 0 Å². The highest BCUT2D eigenvalue weighted by molar-refractivity contribution is 8.00. The Bertz CT molecular complexity index is 528. The monoisotopic (exact) mass is 231 g/mol. The van der Waals surface area contributed by atoms with Gasteiger partial charge in [0.2, 0.25) is 0 Å². The zero-order valence-corrected chi connectivity index (χ0v) is 9.92. The summed E-state index contributed by atoms with van der Waals surface area (Å²) in [5.74, 6) is 0.807. The molecule has 16 heavy (non-hydrogen) atoms. The maximum absolute atomic E-state index is 3.74. The highest BCUT2D eigenvalue weighted by Crippen LogP contribution is 2.30. The number of nitrogens with one attached hydrogen (secondary N) is 1. The number of aromatic nitrogens is 1. The van der Waals surface area contributed by atoms with Crippen molar-refractivity contribution in [2.75, 3.05) is 5.75 Å². The Labute approximate surface area is 98.7 Å². The SMILES string of the molecule is C=N/N=C/CSc1c(C)[nH]c2ccccc12. The van der Waals surface area contributed by atoms with E-state index in [0.717, 1.165) is 5.75 Å². The van der Waals surface area contributed by atoms with Crippen molar-refractivity contribution in [1.29, 1.82) is 0 Å². The van der Waals surface area contributed by atoms with E-state index in [1.807, 2.05) is 6.07 Å². The van der Waals surface area contributed by atoms with Crippen LogP contribution in [0.3, 0.4) is 0 Å². The largest absolute Gasteiger partial charge is 0.358 e. The fourth-order valence-electron chi connectivity index (χ4n) is 1.65. The first-order valence-corrected chi connectivity index (χ1v) is 5.99. The van der Waals surface area contributed by atoms with Crippen molar-refractivity contribution < 1.29 is 0 Å². The van der Waals surface area contributed by atoms with Gasteiger partial charge in [0.15, 0.2) is 0 Å². The first kappa shape index (κ1) is 11.0. The molecule has 0 spiro atoms. The average Bonchev–Trinajstić information content (AvgIpc) is 2.61. The van der Waals surface area contributed by atoms with Gasteiger partial charge in [-0.05, 0) is 13.0 Å². The van der Waals surface area contributed by atoms with E-state index in [1.165, 1.54) is 21.5 Å². The molecule has 0 saturated heterocycles. The molecule has 2 rings (SSSR count). The lowest BCUT2D eigenvalue weighted by molar-refractivity contribution is 1.23. The van der Waals surface area contributed by atoms with Crippen molar-refractivity contribution in [3.05, 3.63) is 30.0 Å². The van der Waals surface area contributed by atoms with E-state index in [0.29, 0.717) is 0 Å². The first-order valence-electron chi connectivity index (χ1n) is 5.00. The molecule has 3 nitrogen and oxygen atoms in total. The number of aryl methyl sites for hydroxylation is 1. The van der Waals surface area contributed by atoms with E-state index in [1.54, 1.807) is 18.0 Å². The van der Waals surface area contributed by atoms with Crippen LogP contribution in [-0.4, -0.2) is 23.7 Å². The maximum atomic E-state index is 3.74. The third-order valence-electron chi connectivity index (χ3n) is 2.30. The predicted octanol–water partition coefficient (Wildman–Crippen LogP) is 3.25. The van der Waals surface area contributed by atoms with Crippen molar-refractivity contribution in [3.8, 4) is 0 Å².